The molecule has 0 N–H and O–H groups in total. The Kier molecular flexibility index (Phi) is 5.48. The van der Waals surface area contributed by atoms with Crippen LogP contribution in [-0.4, -0.2) is 45.7 Å². The maximum atomic E-state index is 10.7. The molecule has 1 atom stereocenters. The van der Waals surface area contributed by atoms with E-state index >= 15 is 0 Å². The van der Waals surface area contributed by atoms with Gasteiger partial charge in [0.05, 0.1) is 21.3 Å². The van der Waals surface area contributed by atoms with Gasteiger partial charge in [-0.1, -0.05) is 0 Å². The van der Waals surface area contributed by atoms with E-state index in [1.807, 2.05) is 19.1 Å². The van der Waals surface area contributed by atoms with Gasteiger partial charge < -0.3 is 19.1 Å². The van der Waals surface area contributed by atoms with Crippen LogP contribution in [0, 0.1) is 0 Å². The molecular weight excluding hydrogens is 246 g/mol. The molecule has 5 nitrogen and oxygen atoms in total. The van der Waals surface area contributed by atoms with Gasteiger partial charge in [-0.3, -0.25) is 4.79 Å². The van der Waals surface area contributed by atoms with Gasteiger partial charge in [0.25, 0.3) is 0 Å². The SMILES string of the molecule is COc1cc(CC(C)N(C)C=O)cc(OC)c1OC. The molecule has 0 aliphatic heterocycles. The van der Waals surface area contributed by atoms with Gasteiger partial charge in [0, 0.05) is 13.1 Å². The summed E-state index contributed by atoms with van der Waals surface area (Å²) >= 11 is 0. The zero-order valence-electron chi connectivity index (χ0n) is 12.1. The third-order valence-electron chi connectivity index (χ3n) is 3.12. The van der Waals surface area contributed by atoms with E-state index in [0.717, 1.165) is 12.0 Å². The van der Waals surface area contributed by atoms with Crippen LogP contribution in [0.2, 0.25) is 0 Å². The molecule has 0 aliphatic carbocycles. The van der Waals surface area contributed by atoms with Crippen LogP contribution >= 0.6 is 0 Å². The second-order valence-electron chi connectivity index (χ2n) is 4.36. The lowest BCUT2D eigenvalue weighted by Crippen LogP contribution is -2.29. The van der Waals surface area contributed by atoms with Gasteiger partial charge in [-0.25, -0.2) is 0 Å². The summed E-state index contributed by atoms with van der Waals surface area (Å²) in [5.41, 5.74) is 1.02. The van der Waals surface area contributed by atoms with Crippen molar-refractivity contribution in [1.82, 2.24) is 4.90 Å². The van der Waals surface area contributed by atoms with Gasteiger partial charge in [0.15, 0.2) is 11.5 Å². The Hall–Kier alpha value is -1.91. The van der Waals surface area contributed by atoms with Crippen molar-refractivity contribution >= 4 is 6.41 Å². The fourth-order valence-corrected chi connectivity index (χ4v) is 1.84. The van der Waals surface area contributed by atoms with Gasteiger partial charge in [-0.15, -0.1) is 0 Å². The van der Waals surface area contributed by atoms with Crippen LogP contribution in [0.5, 0.6) is 17.2 Å². The summed E-state index contributed by atoms with van der Waals surface area (Å²) in [5, 5.41) is 0. The highest BCUT2D eigenvalue weighted by atomic mass is 16.5. The van der Waals surface area contributed by atoms with E-state index in [1.54, 1.807) is 33.3 Å². The molecule has 0 saturated carbocycles. The molecule has 0 saturated heterocycles. The zero-order chi connectivity index (χ0) is 14.4. The van der Waals surface area contributed by atoms with Crippen molar-refractivity contribution in [2.24, 2.45) is 0 Å². The average molecular weight is 267 g/mol. The maximum Gasteiger partial charge on any atom is 0.209 e. The molecule has 106 valence electrons. The number of benzene rings is 1. The summed E-state index contributed by atoms with van der Waals surface area (Å²) in [6.45, 7) is 1.98. The summed E-state index contributed by atoms with van der Waals surface area (Å²) < 4.78 is 15.9. The van der Waals surface area contributed by atoms with E-state index < -0.39 is 0 Å². The summed E-state index contributed by atoms with van der Waals surface area (Å²) in [5.74, 6) is 1.82. The van der Waals surface area contributed by atoms with Crippen LogP contribution < -0.4 is 14.2 Å². The zero-order valence-corrected chi connectivity index (χ0v) is 12.1. The number of ether oxygens (including phenoxy) is 3. The number of methoxy groups -OCH3 is 3. The number of hydrogen-bond donors (Lipinski definition) is 0. The molecule has 1 amide bonds. The standard InChI is InChI=1S/C14H21NO4/c1-10(15(2)9-16)6-11-7-12(17-3)14(19-5)13(8-11)18-4/h7-10H,6H2,1-5H3. The molecule has 0 aromatic heterocycles. The second kappa shape index (κ2) is 6.87. The Morgan fingerprint density at radius 1 is 1.16 bits per heavy atom. The molecule has 1 rings (SSSR count). The minimum Gasteiger partial charge on any atom is -0.493 e. The van der Waals surface area contributed by atoms with Crippen molar-refractivity contribution in [2.75, 3.05) is 28.4 Å². The van der Waals surface area contributed by atoms with Gasteiger partial charge >= 0.3 is 0 Å². The number of likely N-dealkylation sites (N-methyl/N-ethyl adjacent to an activating group) is 1. The van der Waals surface area contributed by atoms with E-state index in [-0.39, 0.29) is 6.04 Å². The quantitative estimate of drug-likeness (QED) is 0.706. The van der Waals surface area contributed by atoms with E-state index in [9.17, 15) is 4.79 Å². The van der Waals surface area contributed by atoms with E-state index in [1.165, 1.54) is 0 Å². The first-order valence-corrected chi connectivity index (χ1v) is 6.03. The second-order valence-corrected chi connectivity index (χ2v) is 4.36. The molecule has 0 fully saturated rings. The van der Waals surface area contributed by atoms with Crippen LogP contribution in [0.4, 0.5) is 0 Å². The van der Waals surface area contributed by atoms with Gasteiger partial charge in [0.1, 0.15) is 0 Å². The number of rotatable bonds is 7. The molecule has 1 aromatic rings. The molecule has 19 heavy (non-hydrogen) atoms. The van der Waals surface area contributed by atoms with Crippen molar-refractivity contribution in [3.05, 3.63) is 17.7 Å². The highest BCUT2D eigenvalue weighted by molar-refractivity contribution is 5.54. The maximum absolute atomic E-state index is 10.7. The third-order valence-corrected chi connectivity index (χ3v) is 3.12. The van der Waals surface area contributed by atoms with Crippen molar-refractivity contribution in [2.45, 2.75) is 19.4 Å². The minimum atomic E-state index is 0.0975. The molecule has 0 bridgehead atoms. The monoisotopic (exact) mass is 267 g/mol. The van der Waals surface area contributed by atoms with E-state index in [2.05, 4.69) is 0 Å². The molecule has 5 heteroatoms. The first-order chi connectivity index (χ1) is 9.07. The van der Waals surface area contributed by atoms with Crippen molar-refractivity contribution in [3.8, 4) is 17.2 Å². The van der Waals surface area contributed by atoms with Crippen LogP contribution in [0.3, 0.4) is 0 Å². The Labute approximate surface area is 114 Å². The number of amides is 1. The largest absolute Gasteiger partial charge is 0.493 e. The van der Waals surface area contributed by atoms with Gasteiger partial charge in [-0.2, -0.15) is 0 Å². The first kappa shape index (κ1) is 15.1. The molecule has 0 radical (unpaired) electrons. The lowest BCUT2D eigenvalue weighted by molar-refractivity contribution is -0.118. The lowest BCUT2D eigenvalue weighted by atomic mass is 10.1. The number of carbonyl (C=O) groups is 1. The summed E-state index contributed by atoms with van der Waals surface area (Å²) in [6, 6.07) is 3.90. The minimum absolute atomic E-state index is 0.0975. The predicted octanol–water partition coefficient (Wildman–Crippen LogP) is 1.73. The Morgan fingerprint density at radius 2 is 1.68 bits per heavy atom. The predicted molar refractivity (Wildman–Crippen MR) is 73.1 cm³/mol. The highest BCUT2D eigenvalue weighted by Gasteiger charge is 2.15. The van der Waals surface area contributed by atoms with Crippen LogP contribution in [0.25, 0.3) is 0 Å². The van der Waals surface area contributed by atoms with Crippen LogP contribution in [0.15, 0.2) is 12.1 Å². The molecule has 1 aromatic carbocycles. The normalized spacial score (nSPS) is 11.6. The molecule has 0 spiro atoms. The van der Waals surface area contributed by atoms with Crippen molar-refractivity contribution in [3.63, 3.8) is 0 Å². The highest BCUT2D eigenvalue weighted by Crippen LogP contribution is 2.38. The Balaban J connectivity index is 3.05. The molecule has 0 aliphatic rings. The van der Waals surface area contributed by atoms with Gasteiger partial charge in [0.2, 0.25) is 12.2 Å². The fourth-order valence-electron chi connectivity index (χ4n) is 1.84. The molecular formula is C14H21NO4. The fraction of sp³-hybridized carbons (Fsp3) is 0.500. The number of carbonyl (C=O) groups excluding carboxylic acids is 1. The molecule has 1 unspecified atom stereocenters. The topological polar surface area (TPSA) is 48.0 Å². The Morgan fingerprint density at radius 3 is 2.05 bits per heavy atom. The number of hydrogen-bond acceptors (Lipinski definition) is 4. The smallest absolute Gasteiger partial charge is 0.209 e. The van der Waals surface area contributed by atoms with Crippen molar-refractivity contribution < 1.29 is 19.0 Å². The van der Waals surface area contributed by atoms with Gasteiger partial charge in [-0.05, 0) is 31.0 Å². The van der Waals surface area contributed by atoms with E-state index in [0.29, 0.717) is 23.7 Å². The first-order valence-electron chi connectivity index (χ1n) is 6.03. The lowest BCUT2D eigenvalue weighted by Gasteiger charge is -2.21. The summed E-state index contributed by atoms with van der Waals surface area (Å²) in [6.07, 6.45) is 1.54. The third kappa shape index (κ3) is 3.53. The number of nitrogens with zero attached hydrogens (tertiary/aromatic N) is 1. The van der Waals surface area contributed by atoms with Crippen LogP contribution in [0.1, 0.15) is 12.5 Å². The molecule has 0 heterocycles. The summed E-state index contributed by atoms with van der Waals surface area (Å²) in [4.78, 5) is 12.4. The summed E-state index contributed by atoms with van der Waals surface area (Å²) in [7, 11) is 6.50. The van der Waals surface area contributed by atoms with Crippen LogP contribution in [-0.2, 0) is 11.2 Å². The van der Waals surface area contributed by atoms with Crippen molar-refractivity contribution in [1.29, 1.82) is 0 Å². The van der Waals surface area contributed by atoms with E-state index in [4.69, 9.17) is 14.2 Å². The average Bonchev–Trinajstić information content (AvgIpc) is 2.44. The Bertz CT molecular complexity index is 408.